The maximum absolute atomic E-state index is 12.2. The highest BCUT2D eigenvalue weighted by Crippen LogP contribution is 2.34. The SMILES string of the molecule is CC1CCC(N2CCN(C(=O)C3(N)CC3)CC2)CC1. The standard InChI is InChI=1S/C15H27N3O/c1-12-2-4-13(5-3-12)17-8-10-18(11-9-17)14(19)15(16)6-7-15/h12-13H,2-11,16H2,1H3. The van der Waals surface area contributed by atoms with Gasteiger partial charge in [-0.3, -0.25) is 9.69 Å². The molecule has 2 N–H and O–H groups in total. The average molecular weight is 265 g/mol. The normalized spacial score (nSPS) is 35.2. The van der Waals surface area contributed by atoms with Crippen molar-refractivity contribution in [2.75, 3.05) is 26.2 Å². The van der Waals surface area contributed by atoms with E-state index in [-0.39, 0.29) is 5.91 Å². The Morgan fingerprint density at radius 2 is 1.63 bits per heavy atom. The molecule has 0 bridgehead atoms. The lowest BCUT2D eigenvalue weighted by atomic mass is 9.86. The van der Waals surface area contributed by atoms with Gasteiger partial charge in [-0.15, -0.1) is 0 Å². The number of hydrogen-bond donors (Lipinski definition) is 1. The molecular weight excluding hydrogens is 238 g/mol. The van der Waals surface area contributed by atoms with Crippen LogP contribution in [0.2, 0.25) is 0 Å². The third-order valence-corrected chi connectivity index (χ3v) is 5.32. The lowest BCUT2D eigenvalue weighted by Gasteiger charge is -2.42. The minimum Gasteiger partial charge on any atom is -0.339 e. The first kappa shape index (κ1) is 13.4. The van der Waals surface area contributed by atoms with Crippen LogP contribution >= 0.6 is 0 Å². The number of piperazine rings is 1. The Morgan fingerprint density at radius 3 is 2.16 bits per heavy atom. The minimum atomic E-state index is -0.484. The van der Waals surface area contributed by atoms with E-state index < -0.39 is 5.54 Å². The minimum absolute atomic E-state index is 0.199. The first-order chi connectivity index (χ1) is 9.08. The molecule has 2 saturated carbocycles. The number of rotatable bonds is 2. The fourth-order valence-electron chi connectivity index (χ4n) is 3.56. The van der Waals surface area contributed by atoms with Crippen LogP contribution < -0.4 is 5.73 Å². The van der Waals surface area contributed by atoms with E-state index in [1.165, 1.54) is 25.7 Å². The maximum atomic E-state index is 12.2. The van der Waals surface area contributed by atoms with Crippen molar-refractivity contribution in [2.45, 2.75) is 57.0 Å². The van der Waals surface area contributed by atoms with E-state index in [0.29, 0.717) is 0 Å². The van der Waals surface area contributed by atoms with Crippen molar-refractivity contribution in [3.63, 3.8) is 0 Å². The van der Waals surface area contributed by atoms with Gasteiger partial charge in [0.2, 0.25) is 5.91 Å². The van der Waals surface area contributed by atoms with E-state index in [4.69, 9.17) is 5.73 Å². The van der Waals surface area contributed by atoms with E-state index in [2.05, 4.69) is 11.8 Å². The van der Waals surface area contributed by atoms with Crippen LogP contribution in [0.3, 0.4) is 0 Å². The molecule has 4 heteroatoms. The number of hydrogen-bond acceptors (Lipinski definition) is 3. The van der Waals surface area contributed by atoms with E-state index in [9.17, 15) is 4.79 Å². The molecule has 19 heavy (non-hydrogen) atoms. The Bertz CT molecular complexity index is 337. The van der Waals surface area contributed by atoms with Crippen LogP contribution in [0, 0.1) is 5.92 Å². The maximum Gasteiger partial charge on any atom is 0.242 e. The molecule has 0 aromatic heterocycles. The van der Waals surface area contributed by atoms with Crippen LogP contribution in [-0.4, -0.2) is 53.5 Å². The van der Waals surface area contributed by atoms with Crippen LogP contribution in [0.4, 0.5) is 0 Å². The number of nitrogens with zero attached hydrogens (tertiary/aromatic N) is 2. The number of carbonyl (C=O) groups is 1. The third kappa shape index (κ3) is 2.79. The molecule has 1 amide bonds. The lowest BCUT2D eigenvalue weighted by molar-refractivity contribution is -0.135. The Kier molecular flexibility index (Phi) is 3.56. The van der Waals surface area contributed by atoms with Crippen molar-refractivity contribution in [2.24, 2.45) is 11.7 Å². The summed E-state index contributed by atoms with van der Waals surface area (Å²) in [5.41, 5.74) is 5.53. The predicted octanol–water partition coefficient (Wildman–Crippen LogP) is 1.20. The van der Waals surface area contributed by atoms with Crippen molar-refractivity contribution < 1.29 is 4.79 Å². The average Bonchev–Trinajstić information content (AvgIpc) is 3.18. The fourth-order valence-corrected chi connectivity index (χ4v) is 3.56. The molecule has 0 aromatic rings. The summed E-state index contributed by atoms with van der Waals surface area (Å²) in [5, 5.41) is 0. The predicted molar refractivity (Wildman–Crippen MR) is 75.7 cm³/mol. The largest absolute Gasteiger partial charge is 0.339 e. The van der Waals surface area contributed by atoms with E-state index in [1.807, 2.05) is 4.90 Å². The van der Waals surface area contributed by atoms with Gasteiger partial charge in [-0.05, 0) is 44.4 Å². The summed E-state index contributed by atoms with van der Waals surface area (Å²) in [4.78, 5) is 16.8. The lowest BCUT2D eigenvalue weighted by Crippen LogP contribution is -2.56. The summed E-state index contributed by atoms with van der Waals surface area (Å²) in [6.07, 6.45) is 7.19. The van der Waals surface area contributed by atoms with Crippen molar-refractivity contribution >= 4 is 5.91 Å². The molecule has 3 aliphatic rings. The second-order valence-electron chi connectivity index (χ2n) is 6.90. The number of amides is 1. The van der Waals surface area contributed by atoms with Gasteiger partial charge in [0.1, 0.15) is 0 Å². The first-order valence-electron chi connectivity index (χ1n) is 7.91. The highest BCUT2D eigenvalue weighted by atomic mass is 16.2. The Balaban J connectivity index is 1.48. The molecule has 0 atom stereocenters. The molecular formula is C15H27N3O. The monoisotopic (exact) mass is 265 g/mol. The van der Waals surface area contributed by atoms with Crippen molar-refractivity contribution in [3.05, 3.63) is 0 Å². The van der Waals surface area contributed by atoms with E-state index in [0.717, 1.165) is 51.0 Å². The first-order valence-corrected chi connectivity index (χ1v) is 7.91. The van der Waals surface area contributed by atoms with Gasteiger partial charge in [0.25, 0.3) is 0 Å². The highest BCUT2D eigenvalue weighted by molar-refractivity contribution is 5.89. The molecule has 3 fully saturated rings. The zero-order valence-electron chi connectivity index (χ0n) is 12.1. The van der Waals surface area contributed by atoms with Crippen molar-refractivity contribution in [3.8, 4) is 0 Å². The zero-order chi connectivity index (χ0) is 13.5. The van der Waals surface area contributed by atoms with Crippen LogP contribution in [0.1, 0.15) is 45.4 Å². The summed E-state index contributed by atoms with van der Waals surface area (Å²) in [5.74, 6) is 1.11. The molecule has 4 nitrogen and oxygen atoms in total. The molecule has 1 aliphatic heterocycles. The van der Waals surface area contributed by atoms with Gasteiger partial charge in [0.15, 0.2) is 0 Å². The van der Waals surface area contributed by atoms with Crippen LogP contribution in [0.5, 0.6) is 0 Å². The summed E-state index contributed by atoms with van der Waals surface area (Å²) >= 11 is 0. The highest BCUT2D eigenvalue weighted by Gasteiger charge is 2.48. The van der Waals surface area contributed by atoms with Crippen LogP contribution in [0.25, 0.3) is 0 Å². The summed E-state index contributed by atoms with van der Waals surface area (Å²) in [6.45, 7) is 6.21. The zero-order valence-corrected chi connectivity index (χ0v) is 12.1. The quantitative estimate of drug-likeness (QED) is 0.816. The van der Waals surface area contributed by atoms with Gasteiger partial charge >= 0.3 is 0 Å². The van der Waals surface area contributed by atoms with Gasteiger partial charge in [-0.2, -0.15) is 0 Å². The topological polar surface area (TPSA) is 49.6 Å². The Labute approximate surface area is 116 Å². The summed E-state index contributed by atoms with van der Waals surface area (Å²) < 4.78 is 0. The smallest absolute Gasteiger partial charge is 0.242 e. The summed E-state index contributed by atoms with van der Waals surface area (Å²) in [6, 6.07) is 0.765. The second-order valence-corrected chi connectivity index (χ2v) is 6.90. The number of carbonyl (C=O) groups excluding carboxylic acids is 1. The molecule has 0 spiro atoms. The molecule has 0 unspecified atom stereocenters. The van der Waals surface area contributed by atoms with E-state index in [1.54, 1.807) is 0 Å². The van der Waals surface area contributed by atoms with Crippen molar-refractivity contribution in [1.29, 1.82) is 0 Å². The van der Waals surface area contributed by atoms with Gasteiger partial charge < -0.3 is 10.6 Å². The van der Waals surface area contributed by atoms with Crippen LogP contribution in [0.15, 0.2) is 0 Å². The molecule has 1 heterocycles. The van der Waals surface area contributed by atoms with E-state index >= 15 is 0 Å². The molecule has 0 radical (unpaired) electrons. The third-order valence-electron chi connectivity index (χ3n) is 5.32. The van der Waals surface area contributed by atoms with Gasteiger partial charge in [-0.1, -0.05) is 6.92 Å². The fraction of sp³-hybridized carbons (Fsp3) is 0.933. The van der Waals surface area contributed by atoms with Gasteiger partial charge in [0, 0.05) is 32.2 Å². The molecule has 3 rings (SSSR count). The van der Waals surface area contributed by atoms with Crippen molar-refractivity contribution in [1.82, 2.24) is 9.80 Å². The Hall–Kier alpha value is -0.610. The second kappa shape index (κ2) is 5.06. The number of nitrogens with two attached hydrogens (primary N) is 1. The molecule has 0 aromatic carbocycles. The molecule has 1 saturated heterocycles. The van der Waals surface area contributed by atoms with Crippen LogP contribution in [-0.2, 0) is 4.79 Å². The molecule has 108 valence electrons. The summed E-state index contributed by atoms with van der Waals surface area (Å²) in [7, 11) is 0. The van der Waals surface area contributed by atoms with Gasteiger partial charge in [-0.25, -0.2) is 0 Å². The van der Waals surface area contributed by atoms with Gasteiger partial charge in [0.05, 0.1) is 5.54 Å². The Morgan fingerprint density at radius 1 is 1.05 bits per heavy atom. The molecule has 2 aliphatic carbocycles.